The molecule has 0 N–H and O–H groups in total. The fourth-order valence-corrected chi connectivity index (χ4v) is 7.53. The van der Waals surface area contributed by atoms with Crippen LogP contribution in [0, 0.1) is 27.0 Å². The van der Waals surface area contributed by atoms with Gasteiger partial charge in [-0.05, 0) is 68.7 Å². The Kier molecular flexibility index (Phi) is 13.4. The second kappa shape index (κ2) is 16.3. The van der Waals surface area contributed by atoms with Crippen molar-refractivity contribution in [3.05, 3.63) is 104 Å². The average Bonchev–Trinajstić information content (AvgIpc) is 3.72. The highest BCUT2D eigenvalue weighted by Crippen LogP contribution is 2.51. The number of ketones is 1. The predicted octanol–water partition coefficient (Wildman–Crippen LogP) is 9.69. The molecule has 1 aliphatic rings. The van der Waals surface area contributed by atoms with Gasteiger partial charge in [-0.25, -0.2) is 19.7 Å². The lowest BCUT2D eigenvalue weighted by Gasteiger charge is -2.18. The summed E-state index contributed by atoms with van der Waals surface area (Å²) in [5.41, 5.74) is 4.26. The smallest absolute Gasteiger partial charge is 0.211 e. The number of Topliss-reactive ketones (excluding diaryl/α,β-unsaturated/α-hetero) is 1. The normalized spacial score (nSPS) is 13.2. The minimum Gasteiger partial charge on any atom is -0.314 e. The van der Waals surface area contributed by atoms with E-state index in [2.05, 4.69) is 84.9 Å². The quantitative estimate of drug-likeness (QED) is 0.120. The summed E-state index contributed by atoms with van der Waals surface area (Å²) >= 11 is 18.3. The molecule has 0 saturated carbocycles. The van der Waals surface area contributed by atoms with E-state index in [1.54, 1.807) is 16.8 Å². The molecule has 0 unspecified atom stereocenters. The second-order valence-corrected chi connectivity index (χ2v) is 15.2. The van der Waals surface area contributed by atoms with Gasteiger partial charge in [-0.1, -0.05) is 31.9 Å². The SMILES string of the molecule is SCCS.[C-]#[N+]c1cc(Br)ccc1-n1cc(C(C)=O)nc1C.[C-]#[N+]c1cc(Br)ccc1-n1cc(C2(C)SCCS2)nc1C. The van der Waals surface area contributed by atoms with Gasteiger partial charge in [0.25, 0.3) is 0 Å². The standard InChI is InChI=1S/C15H14BrN3S2.C13H10BrN3O.C2H6S2/c1-10-18-14(15(2)20-6-7-21-15)9-19(10)13-5-4-11(16)8-12(13)17-3;1-8(18)12-7-17(9(2)16-12)13-5-4-10(14)6-11(13)15-3;3-1-2-4/h4-5,8-9H,6-7H2,1-2H3;4-7H,1-2H3;3-4H,1-2H2. The Balaban J connectivity index is 0.000000212. The van der Waals surface area contributed by atoms with Crippen LogP contribution in [-0.2, 0) is 4.08 Å². The van der Waals surface area contributed by atoms with Crippen molar-refractivity contribution in [2.75, 3.05) is 23.0 Å². The number of carbonyl (C=O) groups is 1. The third kappa shape index (κ3) is 8.96. The number of aromatic nitrogens is 4. The van der Waals surface area contributed by atoms with Gasteiger partial charge in [0.2, 0.25) is 11.4 Å². The molecule has 13 heteroatoms. The number of halogens is 2. The number of imidazole rings is 2. The van der Waals surface area contributed by atoms with Crippen molar-refractivity contribution in [1.82, 2.24) is 19.1 Å². The molecule has 0 radical (unpaired) electrons. The Morgan fingerprint density at radius 1 is 0.907 bits per heavy atom. The van der Waals surface area contributed by atoms with Crippen LogP contribution in [-0.4, -0.2) is 47.9 Å². The number of nitrogens with zero attached hydrogens (tertiary/aromatic N) is 6. The molecule has 1 aliphatic heterocycles. The van der Waals surface area contributed by atoms with Crippen molar-refractivity contribution in [2.24, 2.45) is 0 Å². The Morgan fingerprint density at radius 2 is 1.37 bits per heavy atom. The van der Waals surface area contributed by atoms with E-state index >= 15 is 0 Å². The fraction of sp³-hybridized carbons (Fsp3) is 0.300. The van der Waals surface area contributed by atoms with Crippen LogP contribution in [0.25, 0.3) is 21.1 Å². The summed E-state index contributed by atoms with van der Waals surface area (Å²) in [7, 11) is 0. The molecule has 43 heavy (non-hydrogen) atoms. The lowest BCUT2D eigenvalue weighted by atomic mass is 10.2. The Hall–Kier alpha value is -2.13. The Morgan fingerprint density at radius 3 is 1.79 bits per heavy atom. The molecular formula is C30H30Br2N6OS4. The maximum atomic E-state index is 11.3. The number of hydrogen-bond acceptors (Lipinski definition) is 7. The van der Waals surface area contributed by atoms with Crippen LogP contribution < -0.4 is 0 Å². The zero-order valence-corrected chi connectivity index (χ0v) is 30.6. The molecule has 4 aromatic rings. The van der Waals surface area contributed by atoms with Crippen molar-refractivity contribution < 1.29 is 4.79 Å². The maximum Gasteiger partial charge on any atom is 0.211 e. The second-order valence-electron chi connectivity index (χ2n) is 9.22. The summed E-state index contributed by atoms with van der Waals surface area (Å²) in [6.07, 6.45) is 3.74. The number of thioether (sulfide) groups is 2. The van der Waals surface area contributed by atoms with Gasteiger partial charge in [0.05, 0.1) is 30.2 Å². The minimum atomic E-state index is -0.0849. The zero-order chi connectivity index (χ0) is 31.7. The average molecular weight is 779 g/mol. The van der Waals surface area contributed by atoms with E-state index in [9.17, 15) is 4.79 Å². The lowest BCUT2D eigenvalue weighted by Crippen LogP contribution is -2.08. The number of hydrogen-bond donors (Lipinski definition) is 2. The highest BCUT2D eigenvalue weighted by atomic mass is 79.9. The predicted molar refractivity (Wildman–Crippen MR) is 195 cm³/mol. The monoisotopic (exact) mass is 776 g/mol. The molecule has 0 bridgehead atoms. The summed E-state index contributed by atoms with van der Waals surface area (Å²) in [6, 6.07) is 11.2. The van der Waals surface area contributed by atoms with Gasteiger partial charge in [-0.15, -0.1) is 23.5 Å². The molecular weight excluding hydrogens is 748 g/mol. The van der Waals surface area contributed by atoms with Gasteiger partial charge in [-0.2, -0.15) is 25.3 Å². The maximum absolute atomic E-state index is 11.3. The molecule has 0 amide bonds. The van der Waals surface area contributed by atoms with Crippen LogP contribution in [0.5, 0.6) is 0 Å². The first-order chi connectivity index (χ1) is 20.5. The first-order valence-corrected chi connectivity index (χ1v) is 17.8. The topological polar surface area (TPSA) is 61.4 Å². The van der Waals surface area contributed by atoms with Crippen LogP contribution in [0.15, 0.2) is 57.7 Å². The van der Waals surface area contributed by atoms with Crippen molar-refractivity contribution in [3.8, 4) is 11.4 Å². The number of aryl methyl sites for hydroxylation is 2. The lowest BCUT2D eigenvalue weighted by molar-refractivity contribution is 0.101. The van der Waals surface area contributed by atoms with Gasteiger partial charge in [-0.3, -0.25) is 4.79 Å². The van der Waals surface area contributed by atoms with E-state index in [1.807, 2.05) is 72.3 Å². The van der Waals surface area contributed by atoms with Crippen molar-refractivity contribution in [2.45, 2.75) is 31.8 Å². The summed E-state index contributed by atoms with van der Waals surface area (Å²) in [4.78, 5) is 27.4. The van der Waals surface area contributed by atoms with E-state index < -0.39 is 0 Å². The largest absolute Gasteiger partial charge is 0.314 e. The summed E-state index contributed by atoms with van der Waals surface area (Å²) in [5.74, 6) is 5.61. The van der Waals surface area contributed by atoms with Crippen LogP contribution in [0.3, 0.4) is 0 Å². The van der Waals surface area contributed by atoms with E-state index in [-0.39, 0.29) is 9.86 Å². The van der Waals surface area contributed by atoms with Crippen LogP contribution in [0.4, 0.5) is 11.4 Å². The van der Waals surface area contributed by atoms with E-state index in [0.29, 0.717) is 22.9 Å². The molecule has 0 atom stereocenters. The zero-order valence-electron chi connectivity index (χ0n) is 24.0. The van der Waals surface area contributed by atoms with Gasteiger partial charge in [0.15, 0.2) is 5.78 Å². The summed E-state index contributed by atoms with van der Waals surface area (Å²) in [6.45, 7) is 22.1. The number of carbonyl (C=O) groups excluding carboxylic acids is 1. The highest BCUT2D eigenvalue weighted by molar-refractivity contribution is 9.10. The molecule has 0 aliphatic carbocycles. The Bertz CT molecular complexity index is 1680. The van der Waals surface area contributed by atoms with Crippen molar-refractivity contribution in [3.63, 3.8) is 0 Å². The molecule has 0 spiro atoms. The first kappa shape index (κ1) is 35.4. The van der Waals surface area contributed by atoms with Gasteiger partial charge in [0, 0.05) is 39.8 Å². The molecule has 224 valence electrons. The molecule has 1 fully saturated rings. The highest BCUT2D eigenvalue weighted by Gasteiger charge is 2.35. The van der Waals surface area contributed by atoms with E-state index in [4.69, 9.17) is 18.1 Å². The third-order valence-corrected chi connectivity index (χ3v) is 11.3. The van der Waals surface area contributed by atoms with Crippen LogP contribution in [0.1, 0.15) is 41.7 Å². The fourth-order valence-electron chi connectivity index (χ4n) is 4.06. The molecule has 7 nitrogen and oxygen atoms in total. The van der Waals surface area contributed by atoms with Gasteiger partial charge >= 0.3 is 0 Å². The van der Waals surface area contributed by atoms with Crippen LogP contribution in [0.2, 0.25) is 0 Å². The van der Waals surface area contributed by atoms with Crippen molar-refractivity contribution in [1.29, 1.82) is 0 Å². The molecule has 5 rings (SSSR count). The number of benzene rings is 2. The molecule has 2 aromatic heterocycles. The minimum absolute atomic E-state index is 0.0314. The van der Waals surface area contributed by atoms with Gasteiger partial charge < -0.3 is 9.13 Å². The Labute approximate surface area is 289 Å². The molecule has 3 heterocycles. The molecule has 1 saturated heterocycles. The molecule has 2 aromatic carbocycles. The van der Waals surface area contributed by atoms with Crippen LogP contribution >= 0.6 is 80.6 Å². The van der Waals surface area contributed by atoms with E-state index in [1.165, 1.54) is 18.4 Å². The third-order valence-electron chi connectivity index (χ3n) is 6.16. The van der Waals surface area contributed by atoms with Crippen molar-refractivity contribution >= 4 is 97.8 Å². The number of rotatable bonds is 5. The summed E-state index contributed by atoms with van der Waals surface area (Å²) in [5, 5.41) is 0. The number of thiol groups is 2. The first-order valence-electron chi connectivity index (χ1n) is 13.0. The van der Waals surface area contributed by atoms with Gasteiger partial charge in [0.1, 0.15) is 21.4 Å². The summed E-state index contributed by atoms with van der Waals surface area (Å²) < 4.78 is 5.59. The van der Waals surface area contributed by atoms with E-state index in [0.717, 1.165) is 43.3 Å².